The third kappa shape index (κ3) is 3.91. The summed E-state index contributed by atoms with van der Waals surface area (Å²) in [6.07, 6.45) is 0.726. The molecule has 3 rings (SSSR count). The molecule has 0 atom stereocenters. The van der Waals surface area contributed by atoms with Gasteiger partial charge >= 0.3 is 5.97 Å². The fraction of sp³-hybridized carbons (Fsp3) is 0.182. The van der Waals surface area contributed by atoms with E-state index < -0.39 is 5.97 Å². The predicted octanol–water partition coefficient (Wildman–Crippen LogP) is 3.58. The SMILES string of the molecule is COc1ccc(-c2ccc(CCC(N)=O)n2-c2ccc(C(=O)O)cc2C)cc1. The number of amides is 1. The lowest BCUT2D eigenvalue weighted by Gasteiger charge is -2.17. The quantitative estimate of drug-likeness (QED) is 0.657. The molecule has 0 aliphatic heterocycles. The second kappa shape index (κ2) is 8.00. The molecule has 6 heteroatoms. The molecule has 2 aromatic carbocycles. The lowest BCUT2D eigenvalue weighted by atomic mass is 10.1. The summed E-state index contributed by atoms with van der Waals surface area (Å²) in [7, 11) is 1.62. The van der Waals surface area contributed by atoms with Crippen LogP contribution in [0.3, 0.4) is 0 Å². The molecule has 1 aromatic heterocycles. The zero-order valence-corrected chi connectivity index (χ0v) is 15.8. The van der Waals surface area contributed by atoms with E-state index in [2.05, 4.69) is 0 Å². The lowest BCUT2D eigenvalue weighted by molar-refractivity contribution is -0.118. The summed E-state index contributed by atoms with van der Waals surface area (Å²) in [5.74, 6) is -0.569. The highest BCUT2D eigenvalue weighted by molar-refractivity contribution is 5.88. The molecule has 144 valence electrons. The number of carbonyl (C=O) groups is 2. The van der Waals surface area contributed by atoms with Crippen LogP contribution in [0.5, 0.6) is 5.75 Å². The first-order chi connectivity index (χ1) is 13.4. The normalized spacial score (nSPS) is 10.6. The molecule has 1 heterocycles. The topological polar surface area (TPSA) is 94.5 Å². The summed E-state index contributed by atoms with van der Waals surface area (Å²) in [4.78, 5) is 22.6. The van der Waals surface area contributed by atoms with Gasteiger partial charge in [0.1, 0.15) is 5.75 Å². The first-order valence-corrected chi connectivity index (χ1v) is 8.88. The van der Waals surface area contributed by atoms with Crippen LogP contribution < -0.4 is 10.5 Å². The molecule has 0 saturated heterocycles. The highest BCUT2D eigenvalue weighted by atomic mass is 16.5. The molecule has 1 amide bonds. The summed E-state index contributed by atoms with van der Waals surface area (Å²) in [5, 5.41) is 9.24. The van der Waals surface area contributed by atoms with Gasteiger partial charge in [-0.1, -0.05) is 0 Å². The summed E-state index contributed by atoms with van der Waals surface area (Å²) in [6.45, 7) is 1.87. The van der Waals surface area contributed by atoms with Crippen molar-refractivity contribution in [1.82, 2.24) is 4.57 Å². The van der Waals surface area contributed by atoms with E-state index in [0.29, 0.717) is 6.42 Å². The van der Waals surface area contributed by atoms with Crippen LogP contribution >= 0.6 is 0 Å². The average Bonchev–Trinajstić information content (AvgIpc) is 3.10. The van der Waals surface area contributed by atoms with Crippen LogP contribution in [0.4, 0.5) is 0 Å². The number of aromatic nitrogens is 1. The van der Waals surface area contributed by atoms with Crippen LogP contribution in [-0.2, 0) is 11.2 Å². The number of hydrogen-bond acceptors (Lipinski definition) is 3. The highest BCUT2D eigenvalue weighted by Gasteiger charge is 2.16. The third-order valence-corrected chi connectivity index (χ3v) is 4.66. The third-order valence-electron chi connectivity index (χ3n) is 4.66. The fourth-order valence-corrected chi connectivity index (χ4v) is 3.24. The summed E-state index contributed by atoms with van der Waals surface area (Å²) in [5.41, 5.74) is 10.1. The Balaban J connectivity index is 2.14. The van der Waals surface area contributed by atoms with Crippen molar-refractivity contribution in [2.45, 2.75) is 19.8 Å². The van der Waals surface area contributed by atoms with Gasteiger partial charge in [0, 0.05) is 17.8 Å². The van der Waals surface area contributed by atoms with E-state index in [4.69, 9.17) is 10.5 Å². The van der Waals surface area contributed by atoms with E-state index in [1.807, 2.05) is 47.9 Å². The number of ether oxygens (including phenoxy) is 1. The Kier molecular flexibility index (Phi) is 5.49. The standard InChI is InChI=1S/C22H22N2O4/c1-14-13-16(22(26)27)5-10-19(14)24-17(7-12-21(23)25)6-11-20(24)15-3-8-18(28-2)9-4-15/h3-6,8-11,13H,7,12H2,1-2H3,(H2,23,25)(H,26,27). The first kappa shape index (κ1) is 19.2. The van der Waals surface area contributed by atoms with E-state index in [0.717, 1.165) is 34.0 Å². The van der Waals surface area contributed by atoms with Crippen molar-refractivity contribution in [3.63, 3.8) is 0 Å². The summed E-state index contributed by atoms with van der Waals surface area (Å²) >= 11 is 0. The maximum Gasteiger partial charge on any atom is 0.335 e. The largest absolute Gasteiger partial charge is 0.497 e. The molecular formula is C22H22N2O4. The number of aromatic carboxylic acids is 1. The van der Waals surface area contributed by atoms with Crippen LogP contribution in [0.2, 0.25) is 0 Å². The van der Waals surface area contributed by atoms with E-state index in [9.17, 15) is 14.7 Å². The van der Waals surface area contributed by atoms with Gasteiger partial charge in [0.05, 0.1) is 18.4 Å². The minimum Gasteiger partial charge on any atom is -0.497 e. The maximum absolute atomic E-state index is 11.3. The molecular weight excluding hydrogens is 356 g/mol. The number of carboxylic acid groups (broad SMARTS) is 1. The number of rotatable bonds is 7. The van der Waals surface area contributed by atoms with Crippen molar-refractivity contribution in [3.05, 3.63) is 71.4 Å². The Morgan fingerprint density at radius 1 is 1.07 bits per heavy atom. The molecule has 0 radical (unpaired) electrons. The van der Waals surface area contributed by atoms with Gasteiger partial charge in [-0.15, -0.1) is 0 Å². The van der Waals surface area contributed by atoms with Gasteiger partial charge in [-0.3, -0.25) is 4.79 Å². The summed E-state index contributed by atoms with van der Waals surface area (Å²) < 4.78 is 7.28. The number of nitrogens with zero attached hydrogens (tertiary/aromatic N) is 1. The second-order valence-corrected chi connectivity index (χ2v) is 6.55. The van der Waals surface area contributed by atoms with Crippen molar-refractivity contribution in [2.75, 3.05) is 7.11 Å². The van der Waals surface area contributed by atoms with Crippen LogP contribution in [0, 0.1) is 6.92 Å². The van der Waals surface area contributed by atoms with Gasteiger partial charge < -0.3 is 20.1 Å². The molecule has 0 aliphatic rings. The van der Waals surface area contributed by atoms with Gasteiger partial charge in [-0.2, -0.15) is 0 Å². The zero-order chi connectivity index (χ0) is 20.3. The number of aryl methyl sites for hydroxylation is 2. The fourth-order valence-electron chi connectivity index (χ4n) is 3.24. The molecule has 0 bridgehead atoms. The maximum atomic E-state index is 11.3. The Morgan fingerprint density at radius 3 is 2.36 bits per heavy atom. The summed E-state index contributed by atoms with van der Waals surface area (Å²) in [6, 6.07) is 16.7. The number of carbonyl (C=O) groups excluding carboxylic acids is 1. The zero-order valence-electron chi connectivity index (χ0n) is 15.8. The monoisotopic (exact) mass is 378 g/mol. The number of nitrogens with two attached hydrogens (primary N) is 1. The van der Waals surface area contributed by atoms with E-state index >= 15 is 0 Å². The molecule has 0 aliphatic carbocycles. The molecule has 0 unspecified atom stereocenters. The number of methoxy groups -OCH3 is 1. The smallest absolute Gasteiger partial charge is 0.335 e. The van der Waals surface area contributed by atoms with Crippen molar-refractivity contribution in [3.8, 4) is 22.7 Å². The Morgan fingerprint density at radius 2 is 1.79 bits per heavy atom. The first-order valence-electron chi connectivity index (χ1n) is 8.88. The van der Waals surface area contributed by atoms with E-state index in [1.54, 1.807) is 25.3 Å². The van der Waals surface area contributed by atoms with Crippen molar-refractivity contribution < 1.29 is 19.4 Å². The van der Waals surface area contributed by atoms with Gasteiger partial charge in [-0.25, -0.2) is 4.79 Å². The molecule has 0 saturated carbocycles. The number of primary amides is 1. The molecule has 0 fully saturated rings. The minimum atomic E-state index is -0.966. The molecule has 0 spiro atoms. The van der Waals surface area contributed by atoms with Crippen molar-refractivity contribution >= 4 is 11.9 Å². The van der Waals surface area contributed by atoms with Crippen LogP contribution in [0.25, 0.3) is 16.9 Å². The Bertz CT molecular complexity index is 1020. The minimum absolute atomic E-state index is 0.234. The Labute approximate surface area is 163 Å². The van der Waals surface area contributed by atoms with Crippen LogP contribution in [0.1, 0.15) is 28.0 Å². The number of hydrogen-bond donors (Lipinski definition) is 2. The molecule has 28 heavy (non-hydrogen) atoms. The van der Waals surface area contributed by atoms with E-state index in [-0.39, 0.29) is 17.9 Å². The van der Waals surface area contributed by atoms with Crippen molar-refractivity contribution in [1.29, 1.82) is 0 Å². The number of carboxylic acids is 1. The second-order valence-electron chi connectivity index (χ2n) is 6.55. The van der Waals surface area contributed by atoms with Gasteiger partial charge in [0.25, 0.3) is 0 Å². The Hall–Kier alpha value is -3.54. The number of benzene rings is 2. The van der Waals surface area contributed by atoms with Crippen molar-refractivity contribution in [2.24, 2.45) is 5.73 Å². The van der Waals surface area contributed by atoms with Crippen LogP contribution in [0.15, 0.2) is 54.6 Å². The molecule has 6 nitrogen and oxygen atoms in total. The average molecular weight is 378 g/mol. The predicted molar refractivity (Wildman–Crippen MR) is 107 cm³/mol. The van der Waals surface area contributed by atoms with Gasteiger partial charge in [0.15, 0.2) is 0 Å². The molecule has 3 N–H and O–H groups in total. The van der Waals surface area contributed by atoms with E-state index in [1.165, 1.54) is 0 Å². The van der Waals surface area contributed by atoms with Crippen LogP contribution in [-0.4, -0.2) is 28.7 Å². The highest BCUT2D eigenvalue weighted by Crippen LogP contribution is 2.30. The van der Waals surface area contributed by atoms with Gasteiger partial charge in [-0.05, 0) is 79.1 Å². The van der Waals surface area contributed by atoms with Gasteiger partial charge in [0.2, 0.25) is 5.91 Å². The molecule has 3 aromatic rings. The lowest BCUT2D eigenvalue weighted by Crippen LogP contribution is -2.13.